The third kappa shape index (κ3) is 4.99. The molecule has 0 radical (unpaired) electrons. The zero-order chi connectivity index (χ0) is 17.7. The van der Waals surface area contributed by atoms with Gasteiger partial charge in [0.1, 0.15) is 6.61 Å². The molecule has 2 rings (SSSR count). The van der Waals surface area contributed by atoms with Gasteiger partial charge in [0.15, 0.2) is 0 Å². The number of aryl methyl sites for hydroxylation is 3. The summed E-state index contributed by atoms with van der Waals surface area (Å²) in [5.74, 6) is 0. The molecule has 7 heteroatoms. The molecule has 2 N–H and O–H groups in total. The molecule has 24 heavy (non-hydrogen) atoms. The van der Waals surface area contributed by atoms with E-state index in [4.69, 9.17) is 4.74 Å². The van der Waals surface area contributed by atoms with Crippen molar-refractivity contribution in [3.05, 3.63) is 64.7 Å². The Labute approximate surface area is 142 Å². The molecular formula is C17H20N2O4S. The molecular weight excluding hydrogens is 328 g/mol. The Bertz CT molecular complexity index is 810. The van der Waals surface area contributed by atoms with Crippen LogP contribution < -0.4 is 9.44 Å². The Hall–Kier alpha value is -2.54. The molecule has 0 aliphatic heterocycles. The van der Waals surface area contributed by atoms with Crippen molar-refractivity contribution in [2.24, 2.45) is 0 Å². The Morgan fingerprint density at radius 1 is 1.04 bits per heavy atom. The molecule has 128 valence electrons. The van der Waals surface area contributed by atoms with Crippen LogP contribution in [0.5, 0.6) is 0 Å². The summed E-state index contributed by atoms with van der Waals surface area (Å²) in [6.07, 6.45) is -1.03. The molecule has 2 aromatic carbocycles. The molecule has 1 amide bonds. The number of carbonyl (C=O) groups excluding carboxylic acids is 1. The van der Waals surface area contributed by atoms with Gasteiger partial charge < -0.3 is 4.74 Å². The molecule has 0 aliphatic rings. The van der Waals surface area contributed by atoms with E-state index in [-0.39, 0.29) is 6.61 Å². The number of nitrogens with one attached hydrogen (secondary N) is 2. The molecule has 0 aliphatic carbocycles. The van der Waals surface area contributed by atoms with Crippen molar-refractivity contribution in [3.8, 4) is 0 Å². The van der Waals surface area contributed by atoms with E-state index in [0.29, 0.717) is 5.69 Å². The van der Waals surface area contributed by atoms with Crippen molar-refractivity contribution in [1.29, 1.82) is 0 Å². The number of benzene rings is 2. The van der Waals surface area contributed by atoms with Crippen LogP contribution in [0.15, 0.2) is 42.5 Å². The summed E-state index contributed by atoms with van der Waals surface area (Å²) in [5, 5.41) is 0. The van der Waals surface area contributed by atoms with Crippen LogP contribution in [0.1, 0.15) is 22.3 Å². The molecule has 0 aromatic heterocycles. The van der Waals surface area contributed by atoms with E-state index < -0.39 is 16.3 Å². The van der Waals surface area contributed by atoms with Crippen molar-refractivity contribution in [3.63, 3.8) is 0 Å². The van der Waals surface area contributed by atoms with Gasteiger partial charge in [0.05, 0.1) is 5.69 Å². The second-order valence-corrected chi connectivity index (χ2v) is 6.94. The summed E-state index contributed by atoms with van der Waals surface area (Å²) in [5.41, 5.74) is 4.32. The summed E-state index contributed by atoms with van der Waals surface area (Å²) in [6.45, 7) is 5.83. The molecule has 0 fully saturated rings. The Morgan fingerprint density at radius 3 is 2.21 bits per heavy atom. The number of hydrogen-bond acceptors (Lipinski definition) is 4. The van der Waals surface area contributed by atoms with Crippen LogP contribution in [-0.4, -0.2) is 14.5 Å². The Kier molecular flexibility index (Phi) is 5.46. The Morgan fingerprint density at radius 2 is 1.62 bits per heavy atom. The third-order valence-corrected chi connectivity index (χ3v) is 4.37. The number of anilines is 1. The zero-order valence-electron chi connectivity index (χ0n) is 13.8. The number of para-hydroxylation sites is 1. The first-order valence-corrected chi connectivity index (χ1v) is 8.84. The molecule has 0 unspecified atom stereocenters. The van der Waals surface area contributed by atoms with Gasteiger partial charge in [-0.1, -0.05) is 35.9 Å². The molecule has 0 spiro atoms. The van der Waals surface area contributed by atoms with Gasteiger partial charge in [-0.3, -0.25) is 4.72 Å². The second-order valence-electron chi connectivity index (χ2n) is 5.53. The first kappa shape index (κ1) is 17.8. The minimum atomic E-state index is -4.04. The fourth-order valence-electron chi connectivity index (χ4n) is 2.40. The number of hydrogen-bond donors (Lipinski definition) is 2. The van der Waals surface area contributed by atoms with Gasteiger partial charge in [0.2, 0.25) is 0 Å². The standard InChI is InChI=1S/C17H20N2O4S/c1-12-9-13(2)16(14(3)10-12)11-23-17(20)19-24(21,22)18-15-7-5-4-6-8-15/h4-10,18H,11H2,1-3H3,(H,19,20). The highest BCUT2D eigenvalue weighted by Gasteiger charge is 2.16. The normalized spacial score (nSPS) is 11.0. The first-order valence-electron chi connectivity index (χ1n) is 7.36. The first-order chi connectivity index (χ1) is 11.3. The van der Waals surface area contributed by atoms with Gasteiger partial charge >= 0.3 is 16.3 Å². The van der Waals surface area contributed by atoms with E-state index in [9.17, 15) is 13.2 Å². The van der Waals surface area contributed by atoms with Gasteiger partial charge in [0.25, 0.3) is 0 Å². The van der Waals surface area contributed by atoms with Gasteiger partial charge in [-0.25, -0.2) is 9.52 Å². The third-order valence-electron chi connectivity index (χ3n) is 3.43. The largest absolute Gasteiger partial charge is 0.444 e. The van der Waals surface area contributed by atoms with E-state index in [1.807, 2.05) is 37.6 Å². The maximum absolute atomic E-state index is 11.9. The Balaban J connectivity index is 1.96. The fourth-order valence-corrected chi connectivity index (χ4v) is 3.18. The lowest BCUT2D eigenvalue weighted by atomic mass is 10.0. The maximum Gasteiger partial charge on any atom is 0.422 e. The summed E-state index contributed by atoms with van der Waals surface area (Å²) in [6, 6.07) is 12.2. The highest BCUT2D eigenvalue weighted by molar-refractivity contribution is 7.91. The molecule has 6 nitrogen and oxygen atoms in total. The molecule has 0 bridgehead atoms. The minimum absolute atomic E-state index is 0.00460. The van der Waals surface area contributed by atoms with E-state index in [2.05, 4.69) is 4.72 Å². The van der Waals surface area contributed by atoms with Crippen molar-refractivity contribution < 1.29 is 17.9 Å². The SMILES string of the molecule is Cc1cc(C)c(COC(=O)NS(=O)(=O)Nc2ccccc2)c(C)c1. The van der Waals surface area contributed by atoms with Gasteiger partial charge in [-0.05, 0) is 49.6 Å². The second kappa shape index (κ2) is 7.35. The van der Waals surface area contributed by atoms with Crippen LogP contribution >= 0.6 is 0 Å². The predicted octanol–water partition coefficient (Wildman–Crippen LogP) is 3.19. The van der Waals surface area contributed by atoms with E-state index >= 15 is 0 Å². The quantitative estimate of drug-likeness (QED) is 0.869. The van der Waals surface area contributed by atoms with Crippen molar-refractivity contribution in [1.82, 2.24) is 4.72 Å². The summed E-state index contributed by atoms with van der Waals surface area (Å²) >= 11 is 0. The number of carbonyl (C=O) groups is 1. The van der Waals surface area contributed by atoms with Crippen molar-refractivity contribution >= 4 is 22.0 Å². The monoisotopic (exact) mass is 348 g/mol. The molecule has 0 atom stereocenters. The highest BCUT2D eigenvalue weighted by atomic mass is 32.2. The lowest BCUT2D eigenvalue weighted by Crippen LogP contribution is -2.35. The minimum Gasteiger partial charge on any atom is -0.444 e. The number of rotatable bonds is 5. The smallest absolute Gasteiger partial charge is 0.422 e. The van der Waals surface area contributed by atoms with Crippen molar-refractivity contribution in [2.75, 3.05) is 4.72 Å². The van der Waals surface area contributed by atoms with Crippen LogP contribution in [0.3, 0.4) is 0 Å². The highest BCUT2D eigenvalue weighted by Crippen LogP contribution is 2.17. The lowest BCUT2D eigenvalue weighted by Gasteiger charge is -2.13. The lowest BCUT2D eigenvalue weighted by molar-refractivity contribution is 0.145. The molecule has 2 aromatic rings. The number of ether oxygens (including phenoxy) is 1. The van der Waals surface area contributed by atoms with E-state index in [1.54, 1.807) is 30.3 Å². The van der Waals surface area contributed by atoms with E-state index in [0.717, 1.165) is 22.3 Å². The molecule has 0 heterocycles. The van der Waals surface area contributed by atoms with Gasteiger partial charge in [-0.15, -0.1) is 0 Å². The average molecular weight is 348 g/mol. The van der Waals surface area contributed by atoms with Gasteiger partial charge in [-0.2, -0.15) is 8.42 Å². The fraction of sp³-hybridized carbons (Fsp3) is 0.235. The summed E-state index contributed by atoms with van der Waals surface area (Å²) < 4.78 is 32.9. The summed E-state index contributed by atoms with van der Waals surface area (Å²) in [4.78, 5) is 11.8. The average Bonchev–Trinajstić information content (AvgIpc) is 2.45. The maximum atomic E-state index is 11.9. The van der Waals surface area contributed by atoms with Crippen LogP contribution in [-0.2, 0) is 21.6 Å². The van der Waals surface area contributed by atoms with Crippen LogP contribution in [0.25, 0.3) is 0 Å². The predicted molar refractivity (Wildman–Crippen MR) is 93.0 cm³/mol. The summed E-state index contributed by atoms with van der Waals surface area (Å²) in [7, 11) is -4.04. The van der Waals surface area contributed by atoms with Crippen LogP contribution in [0.2, 0.25) is 0 Å². The van der Waals surface area contributed by atoms with Crippen LogP contribution in [0, 0.1) is 20.8 Å². The zero-order valence-corrected chi connectivity index (χ0v) is 14.6. The van der Waals surface area contributed by atoms with Crippen molar-refractivity contribution in [2.45, 2.75) is 27.4 Å². The molecule has 0 saturated heterocycles. The van der Waals surface area contributed by atoms with Gasteiger partial charge in [0, 0.05) is 0 Å². The topological polar surface area (TPSA) is 84.5 Å². The van der Waals surface area contributed by atoms with Crippen LogP contribution in [0.4, 0.5) is 10.5 Å². The molecule has 0 saturated carbocycles. The van der Waals surface area contributed by atoms with E-state index in [1.165, 1.54) is 0 Å². The number of amides is 1.